The monoisotopic (exact) mass is 451 g/mol. The average molecular weight is 452 g/mol. The largest absolute Gasteiger partial charge is 0.495 e. The van der Waals surface area contributed by atoms with Crippen LogP contribution in [0.2, 0.25) is 0 Å². The molecule has 1 atom stereocenters. The maximum Gasteiger partial charge on any atom is 0.251 e. The van der Waals surface area contributed by atoms with Gasteiger partial charge < -0.3 is 10.1 Å². The molecular formula is C23H25N5O3S. The van der Waals surface area contributed by atoms with E-state index in [-0.39, 0.29) is 17.2 Å². The minimum absolute atomic E-state index is 0.0201. The van der Waals surface area contributed by atoms with Crippen LogP contribution in [-0.2, 0) is 11.3 Å². The summed E-state index contributed by atoms with van der Waals surface area (Å²) in [6.45, 7) is 1.36. The van der Waals surface area contributed by atoms with E-state index >= 15 is 0 Å². The second kappa shape index (κ2) is 10.3. The summed E-state index contributed by atoms with van der Waals surface area (Å²) in [5.41, 5.74) is 2.22. The number of para-hydroxylation sites is 2. The molecule has 166 valence electrons. The second-order valence-corrected chi connectivity index (χ2v) is 8.41. The van der Waals surface area contributed by atoms with E-state index in [1.807, 2.05) is 42.5 Å². The lowest BCUT2D eigenvalue weighted by Crippen LogP contribution is -2.28. The summed E-state index contributed by atoms with van der Waals surface area (Å²) in [4.78, 5) is 31.0. The highest BCUT2D eigenvalue weighted by Gasteiger charge is 2.35. The Balaban J connectivity index is 1.41. The first-order valence-corrected chi connectivity index (χ1v) is 11.5. The molecule has 1 unspecified atom stereocenters. The van der Waals surface area contributed by atoms with E-state index in [9.17, 15) is 9.59 Å². The molecule has 8 nitrogen and oxygen atoms in total. The van der Waals surface area contributed by atoms with Gasteiger partial charge in [-0.25, -0.2) is 4.98 Å². The van der Waals surface area contributed by atoms with Crippen LogP contribution in [0.3, 0.4) is 0 Å². The predicted octanol–water partition coefficient (Wildman–Crippen LogP) is 3.28. The maximum atomic E-state index is 12.7. The first-order chi connectivity index (χ1) is 15.7. The van der Waals surface area contributed by atoms with Crippen molar-refractivity contribution in [1.29, 1.82) is 0 Å². The maximum absolute atomic E-state index is 12.7. The summed E-state index contributed by atoms with van der Waals surface area (Å²) in [5, 5.41) is 6.83. The van der Waals surface area contributed by atoms with Crippen LogP contribution in [0.15, 0.2) is 61.2 Å². The molecule has 1 saturated heterocycles. The number of methoxy groups -OCH3 is 1. The highest BCUT2D eigenvalue weighted by atomic mass is 32.2. The van der Waals surface area contributed by atoms with E-state index in [0.717, 1.165) is 30.6 Å². The van der Waals surface area contributed by atoms with Crippen molar-refractivity contribution in [3.63, 3.8) is 0 Å². The fraction of sp³-hybridized carbons (Fsp3) is 0.304. The fourth-order valence-electron chi connectivity index (χ4n) is 3.64. The molecule has 0 radical (unpaired) electrons. The summed E-state index contributed by atoms with van der Waals surface area (Å²) < 4.78 is 7.24. The van der Waals surface area contributed by atoms with E-state index in [2.05, 4.69) is 15.4 Å². The predicted molar refractivity (Wildman–Crippen MR) is 124 cm³/mol. The third-order valence-corrected chi connectivity index (χ3v) is 6.43. The Kier molecular flexibility index (Phi) is 7.06. The van der Waals surface area contributed by atoms with Crippen molar-refractivity contribution in [2.45, 2.75) is 24.8 Å². The summed E-state index contributed by atoms with van der Waals surface area (Å²) >= 11 is 1.55. The number of amides is 2. The van der Waals surface area contributed by atoms with Gasteiger partial charge in [-0.05, 0) is 42.7 Å². The number of anilines is 1. The van der Waals surface area contributed by atoms with Crippen molar-refractivity contribution >= 4 is 29.3 Å². The summed E-state index contributed by atoms with van der Waals surface area (Å²) in [6, 6.07) is 15.0. The molecule has 2 aromatic carbocycles. The minimum atomic E-state index is -0.214. The van der Waals surface area contributed by atoms with Crippen molar-refractivity contribution in [1.82, 2.24) is 20.1 Å². The first kappa shape index (κ1) is 21.9. The second-order valence-electron chi connectivity index (χ2n) is 7.35. The fourth-order valence-corrected chi connectivity index (χ4v) is 4.80. The van der Waals surface area contributed by atoms with Crippen LogP contribution in [0.25, 0.3) is 0 Å². The van der Waals surface area contributed by atoms with Crippen LogP contribution >= 0.6 is 11.8 Å². The number of thioether (sulfide) groups is 1. The van der Waals surface area contributed by atoms with Crippen LogP contribution in [0.4, 0.5) is 5.69 Å². The number of nitrogens with zero attached hydrogens (tertiary/aromatic N) is 4. The smallest absolute Gasteiger partial charge is 0.251 e. The number of ether oxygens (including phenoxy) is 1. The number of rotatable bonds is 9. The van der Waals surface area contributed by atoms with E-state index < -0.39 is 0 Å². The molecule has 0 saturated carbocycles. The number of hydrogen-bond donors (Lipinski definition) is 1. The Labute approximate surface area is 191 Å². The lowest BCUT2D eigenvalue weighted by molar-refractivity contribution is -0.115. The molecule has 1 fully saturated rings. The van der Waals surface area contributed by atoms with Gasteiger partial charge in [0.2, 0.25) is 5.91 Å². The van der Waals surface area contributed by atoms with Gasteiger partial charge in [0, 0.05) is 18.7 Å². The van der Waals surface area contributed by atoms with Crippen LogP contribution in [0.5, 0.6) is 5.75 Å². The Morgan fingerprint density at radius 3 is 2.91 bits per heavy atom. The van der Waals surface area contributed by atoms with Gasteiger partial charge >= 0.3 is 0 Å². The Bertz CT molecular complexity index is 1070. The van der Waals surface area contributed by atoms with Crippen molar-refractivity contribution in [2.75, 3.05) is 24.3 Å². The van der Waals surface area contributed by atoms with Gasteiger partial charge in [-0.3, -0.25) is 19.2 Å². The van der Waals surface area contributed by atoms with Crippen LogP contribution < -0.4 is 15.0 Å². The van der Waals surface area contributed by atoms with Gasteiger partial charge in [-0.2, -0.15) is 5.10 Å². The Hall–Kier alpha value is -3.33. The van der Waals surface area contributed by atoms with E-state index in [1.165, 1.54) is 6.33 Å². The number of aromatic nitrogens is 3. The summed E-state index contributed by atoms with van der Waals surface area (Å²) in [7, 11) is 1.60. The molecular weight excluding hydrogens is 426 g/mol. The Morgan fingerprint density at radius 1 is 1.22 bits per heavy atom. The van der Waals surface area contributed by atoms with E-state index in [4.69, 9.17) is 4.74 Å². The molecule has 2 heterocycles. The van der Waals surface area contributed by atoms with Crippen molar-refractivity contribution in [3.8, 4) is 5.75 Å². The standard InChI is InChI=1S/C23H25N5O3S/c1-31-20-10-3-2-9-19(20)28-21(29)14-32-23(28)18-8-6-7-17(13-18)22(30)25-11-4-5-12-27-16-24-15-26-27/h2-3,6-10,13,15-16,23H,4-5,11-12,14H2,1H3,(H,25,30). The molecule has 2 amide bonds. The van der Waals surface area contributed by atoms with Gasteiger partial charge in [0.1, 0.15) is 23.8 Å². The number of unbranched alkanes of at least 4 members (excludes halogenated alkanes) is 1. The topological polar surface area (TPSA) is 89.4 Å². The number of nitrogens with one attached hydrogen (secondary N) is 1. The molecule has 1 aliphatic rings. The van der Waals surface area contributed by atoms with E-state index in [1.54, 1.807) is 40.8 Å². The van der Waals surface area contributed by atoms with Gasteiger partial charge in [-0.15, -0.1) is 11.8 Å². The SMILES string of the molecule is COc1ccccc1N1C(=O)CSC1c1cccc(C(=O)NCCCCn2cncn2)c1. The van der Waals surface area contributed by atoms with Gasteiger partial charge in [0.15, 0.2) is 0 Å². The van der Waals surface area contributed by atoms with Crippen molar-refractivity contribution < 1.29 is 14.3 Å². The molecule has 1 aromatic heterocycles. The average Bonchev–Trinajstić information content (AvgIpc) is 3.48. The van der Waals surface area contributed by atoms with Crippen molar-refractivity contribution in [2.24, 2.45) is 0 Å². The summed E-state index contributed by atoms with van der Waals surface area (Å²) in [6.07, 6.45) is 4.95. The number of hydrogen-bond acceptors (Lipinski definition) is 6. The highest BCUT2D eigenvalue weighted by Crippen LogP contribution is 2.44. The molecule has 3 aromatic rings. The molecule has 1 N–H and O–H groups in total. The zero-order valence-electron chi connectivity index (χ0n) is 17.8. The number of aryl methyl sites for hydroxylation is 1. The highest BCUT2D eigenvalue weighted by molar-refractivity contribution is 8.00. The number of carbonyl (C=O) groups excluding carboxylic acids is 2. The number of benzene rings is 2. The van der Waals surface area contributed by atoms with Gasteiger partial charge in [0.25, 0.3) is 5.91 Å². The third kappa shape index (κ3) is 4.94. The molecule has 4 rings (SSSR count). The molecule has 0 aliphatic carbocycles. The molecule has 32 heavy (non-hydrogen) atoms. The van der Waals surface area contributed by atoms with Crippen molar-refractivity contribution in [3.05, 3.63) is 72.3 Å². The minimum Gasteiger partial charge on any atom is -0.495 e. The first-order valence-electron chi connectivity index (χ1n) is 10.4. The molecule has 0 bridgehead atoms. The van der Waals surface area contributed by atoms with Gasteiger partial charge in [-0.1, -0.05) is 24.3 Å². The third-order valence-electron chi connectivity index (χ3n) is 5.21. The van der Waals surface area contributed by atoms with Gasteiger partial charge in [0.05, 0.1) is 18.6 Å². The summed E-state index contributed by atoms with van der Waals surface area (Å²) in [5.74, 6) is 0.927. The van der Waals surface area contributed by atoms with E-state index in [0.29, 0.717) is 23.6 Å². The van der Waals surface area contributed by atoms with Crippen LogP contribution in [0, 0.1) is 0 Å². The molecule has 9 heteroatoms. The quantitative estimate of drug-likeness (QED) is 0.502. The molecule has 1 aliphatic heterocycles. The zero-order chi connectivity index (χ0) is 22.3. The molecule has 0 spiro atoms. The van der Waals surface area contributed by atoms with Crippen LogP contribution in [0.1, 0.15) is 34.1 Å². The lowest BCUT2D eigenvalue weighted by atomic mass is 10.1. The Morgan fingerprint density at radius 2 is 2.09 bits per heavy atom. The number of carbonyl (C=O) groups is 2. The van der Waals surface area contributed by atoms with Crippen LogP contribution in [-0.4, -0.2) is 46.0 Å². The zero-order valence-corrected chi connectivity index (χ0v) is 18.6. The normalized spacial score (nSPS) is 15.7. The lowest BCUT2D eigenvalue weighted by Gasteiger charge is -2.26.